The predicted octanol–water partition coefficient (Wildman–Crippen LogP) is 2.79. The lowest BCUT2D eigenvalue weighted by Gasteiger charge is -2.33. The van der Waals surface area contributed by atoms with Crippen molar-refractivity contribution in [2.45, 2.75) is 31.8 Å². The molecule has 102 valence electrons. The van der Waals surface area contributed by atoms with Crippen molar-refractivity contribution in [3.63, 3.8) is 0 Å². The van der Waals surface area contributed by atoms with Crippen LogP contribution in [0.3, 0.4) is 0 Å². The maximum absolute atomic E-state index is 9.37. The summed E-state index contributed by atoms with van der Waals surface area (Å²) in [5.41, 5.74) is 1.11. The number of nitriles is 1. The Morgan fingerprint density at radius 1 is 1.42 bits per heavy atom. The third-order valence-corrected chi connectivity index (χ3v) is 3.66. The summed E-state index contributed by atoms with van der Waals surface area (Å²) in [6.07, 6.45) is 2.65. The number of piperidine rings is 1. The van der Waals surface area contributed by atoms with Gasteiger partial charge in [0, 0.05) is 19.7 Å². The van der Waals surface area contributed by atoms with Crippen molar-refractivity contribution in [2.24, 2.45) is 0 Å². The Morgan fingerprint density at radius 2 is 2.21 bits per heavy atom. The zero-order chi connectivity index (χ0) is 13.5. The molecular weight excluding hydrogens is 236 g/mol. The summed E-state index contributed by atoms with van der Waals surface area (Å²) in [7, 11) is 0. The third kappa shape index (κ3) is 4.05. The van der Waals surface area contributed by atoms with Crippen LogP contribution in [-0.2, 0) is 4.74 Å². The quantitative estimate of drug-likeness (QED) is 0.815. The molecule has 0 aliphatic carbocycles. The molecule has 1 aromatic rings. The monoisotopic (exact) mass is 258 g/mol. The average molecular weight is 258 g/mol. The Hall–Kier alpha value is -1.37. The van der Waals surface area contributed by atoms with E-state index in [2.05, 4.69) is 11.0 Å². The van der Waals surface area contributed by atoms with E-state index in [1.54, 1.807) is 0 Å². The second kappa shape index (κ2) is 7.28. The smallest absolute Gasteiger partial charge is 0.0839 e. The topological polar surface area (TPSA) is 36.3 Å². The van der Waals surface area contributed by atoms with Crippen molar-refractivity contribution < 1.29 is 4.74 Å². The molecule has 0 saturated carbocycles. The molecule has 0 radical (unpaired) electrons. The molecule has 0 spiro atoms. The normalized spacial score (nSPS) is 21.8. The highest BCUT2D eigenvalue weighted by Gasteiger charge is 2.23. The maximum atomic E-state index is 9.37. The van der Waals surface area contributed by atoms with Crippen LogP contribution >= 0.6 is 0 Å². The van der Waals surface area contributed by atoms with Crippen LogP contribution in [0.15, 0.2) is 30.3 Å². The minimum Gasteiger partial charge on any atom is -0.377 e. The molecule has 1 saturated heterocycles. The van der Waals surface area contributed by atoms with Crippen molar-refractivity contribution in [1.29, 1.82) is 5.26 Å². The summed E-state index contributed by atoms with van der Waals surface area (Å²) in [6.45, 7) is 5.66. The average Bonchev–Trinajstić information content (AvgIpc) is 2.46. The van der Waals surface area contributed by atoms with Crippen LogP contribution in [-0.4, -0.2) is 37.2 Å². The van der Waals surface area contributed by atoms with Crippen molar-refractivity contribution in [1.82, 2.24) is 4.90 Å². The standard InChI is InChI=1S/C16H22N2O/c1-2-19-16-9-6-10-18(13-16)12-15(11-17)14-7-4-3-5-8-14/h3-5,7-8,15-16H,2,6,9-10,12-13H2,1H3. The molecule has 0 amide bonds. The van der Waals surface area contributed by atoms with E-state index in [1.807, 2.05) is 37.3 Å². The lowest BCUT2D eigenvalue weighted by molar-refractivity contribution is 0.00550. The number of rotatable bonds is 5. The van der Waals surface area contributed by atoms with Crippen molar-refractivity contribution in [2.75, 3.05) is 26.2 Å². The summed E-state index contributed by atoms with van der Waals surface area (Å²) >= 11 is 0. The Labute approximate surface area is 115 Å². The van der Waals surface area contributed by atoms with E-state index in [0.29, 0.717) is 6.10 Å². The van der Waals surface area contributed by atoms with E-state index < -0.39 is 0 Å². The van der Waals surface area contributed by atoms with Gasteiger partial charge in [0.15, 0.2) is 0 Å². The lowest BCUT2D eigenvalue weighted by atomic mass is 9.98. The predicted molar refractivity (Wildman–Crippen MR) is 75.9 cm³/mol. The molecule has 1 aliphatic heterocycles. The van der Waals surface area contributed by atoms with Crippen LogP contribution < -0.4 is 0 Å². The third-order valence-electron chi connectivity index (χ3n) is 3.66. The molecule has 3 heteroatoms. The van der Waals surface area contributed by atoms with Gasteiger partial charge in [-0.15, -0.1) is 0 Å². The van der Waals surface area contributed by atoms with E-state index in [9.17, 15) is 5.26 Å². The van der Waals surface area contributed by atoms with E-state index in [4.69, 9.17) is 4.74 Å². The Morgan fingerprint density at radius 3 is 2.89 bits per heavy atom. The van der Waals surface area contributed by atoms with Crippen molar-refractivity contribution in [3.8, 4) is 6.07 Å². The second-order valence-corrected chi connectivity index (χ2v) is 5.07. The minimum atomic E-state index is -0.0402. The Balaban J connectivity index is 1.93. The van der Waals surface area contributed by atoms with Gasteiger partial charge in [-0.25, -0.2) is 0 Å². The molecule has 1 heterocycles. The molecule has 0 aromatic heterocycles. The van der Waals surface area contributed by atoms with Gasteiger partial charge in [-0.3, -0.25) is 4.90 Å². The number of nitrogens with zero attached hydrogens (tertiary/aromatic N) is 2. The number of hydrogen-bond acceptors (Lipinski definition) is 3. The first-order valence-corrected chi connectivity index (χ1v) is 7.12. The van der Waals surface area contributed by atoms with Gasteiger partial charge in [0.2, 0.25) is 0 Å². The number of hydrogen-bond donors (Lipinski definition) is 0. The largest absolute Gasteiger partial charge is 0.377 e. The van der Waals surface area contributed by atoms with Crippen molar-refractivity contribution in [3.05, 3.63) is 35.9 Å². The second-order valence-electron chi connectivity index (χ2n) is 5.07. The van der Waals surface area contributed by atoms with E-state index in [0.717, 1.165) is 44.6 Å². The molecule has 2 unspecified atom stereocenters. The molecule has 3 nitrogen and oxygen atoms in total. The number of benzene rings is 1. The summed E-state index contributed by atoms with van der Waals surface area (Å²) in [4.78, 5) is 2.37. The summed E-state index contributed by atoms with van der Waals surface area (Å²) in [6, 6.07) is 12.5. The van der Waals surface area contributed by atoms with Crippen LogP contribution in [0.25, 0.3) is 0 Å². The lowest BCUT2D eigenvalue weighted by Crippen LogP contribution is -2.41. The highest BCUT2D eigenvalue weighted by molar-refractivity contribution is 5.25. The fraction of sp³-hybridized carbons (Fsp3) is 0.562. The molecule has 19 heavy (non-hydrogen) atoms. The zero-order valence-electron chi connectivity index (χ0n) is 11.6. The Bertz CT molecular complexity index is 411. The van der Waals surface area contributed by atoms with E-state index in [-0.39, 0.29) is 5.92 Å². The Kier molecular flexibility index (Phi) is 5.38. The van der Waals surface area contributed by atoms with Gasteiger partial charge >= 0.3 is 0 Å². The van der Waals surface area contributed by atoms with Crippen LogP contribution in [0, 0.1) is 11.3 Å². The minimum absolute atomic E-state index is 0.0402. The summed E-state index contributed by atoms with van der Waals surface area (Å²) in [5.74, 6) is -0.0402. The SMILES string of the molecule is CCOC1CCCN(CC(C#N)c2ccccc2)C1. The summed E-state index contributed by atoms with van der Waals surface area (Å²) in [5, 5.41) is 9.37. The maximum Gasteiger partial charge on any atom is 0.0839 e. The first-order chi connectivity index (χ1) is 9.33. The van der Waals surface area contributed by atoms with Gasteiger partial charge in [0.1, 0.15) is 0 Å². The van der Waals surface area contributed by atoms with Crippen LogP contribution in [0.5, 0.6) is 0 Å². The number of ether oxygens (including phenoxy) is 1. The van der Waals surface area contributed by atoms with Gasteiger partial charge in [-0.05, 0) is 31.9 Å². The highest BCUT2D eigenvalue weighted by Crippen LogP contribution is 2.20. The van der Waals surface area contributed by atoms with Gasteiger partial charge in [0.25, 0.3) is 0 Å². The molecule has 0 bridgehead atoms. The first kappa shape index (κ1) is 14.0. The molecular formula is C16H22N2O. The van der Waals surface area contributed by atoms with Crippen LogP contribution in [0.1, 0.15) is 31.2 Å². The molecule has 1 aromatic carbocycles. The first-order valence-electron chi connectivity index (χ1n) is 7.12. The molecule has 1 fully saturated rings. The van der Waals surface area contributed by atoms with E-state index in [1.165, 1.54) is 0 Å². The van der Waals surface area contributed by atoms with Crippen LogP contribution in [0.4, 0.5) is 0 Å². The molecule has 0 N–H and O–H groups in total. The van der Waals surface area contributed by atoms with Crippen molar-refractivity contribution >= 4 is 0 Å². The van der Waals surface area contributed by atoms with Gasteiger partial charge in [0.05, 0.1) is 18.1 Å². The molecule has 2 rings (SSSR count). The molecule has 1 aliphatic rings. The van der Waals surface area contributed by atoms with Crippen LogP contribution in [0.2, 0.25) is 0 Å². The van der Waals surface area contributed by atoms with E-state index >= 15 is 0 Å². The molecule has 2 atom stereocenters. The zero-order valence-corrected chi connectivity index (χ0v) is 11.6. The highest BCUT2D eigenvalue weighted by atomic mass is 16.5. The summed E-state index contributed by atoms with van der Waals surface area (Å²) < 4.78 is 5.71. The van der Waals surface area contributed by atoms with Gasteiger partial charge in [-0.2, -0.15) is 5.26 Å². The van der Waals surface area contributed by atoms with Gasteiger partial charge in [-0.1, -0.05) is 30.3 Å². The number of likely N-dealkylation sites (tertiary alicyclic amines) is 1. The fourth-order valence-corrected chi connectivity index (χ4v) is 2.72. The fourth-order valence-electron chi connectivity index (χ4n) is 2.72. The van der Waals surface area contributed by atoms with Gasteiger partial charge < -0.3 is 4.74 Å².